The van der Waals surface area contributed by atoms with Crippen LogP contribution in [0.15, 0.2) is 59.8 Å². The number of nitrogen functional groups attached to an aromatic ring is 2. The second-order valence-corrected chi connectivity index (χ2v) is 11.8. The average molecular weight is 618 g/mol. The number of benzene rings is 2. The van der Waals surface area contributed by atoms with E-state index in [1.807, 2.05) is 31.3 Å². The predicted octanol–water partition coefficient (Wildman–Crippen LogP) is 4.46. The fourth-order valence-corrected chi connectivity index (χ4v) is 5.59. The van der Waals surface area contributed by atoms with E-state index >= 15 is 0 Å². The van der Waals surface area contributed by atoms with Crippen LogP contribution < -0.4 is 11.5 Å². The van der Waals surface area contributed by atoms with E-state index in [0.29, 0.717) is 33.0 Å². The van der Waals surface area contributed by atoms with Gasteiger partial charge in [-0.25, -0.2) is 27.7 Å². The molecule has 0 unspecified atom stereocenters. The SMILES string of the molecule is Cn1nc(-c2ccc(Cl)c(S(=O)(=O)Cl)c2)c2cnc(N)nc21.Cn1nc(-c2ccc(Cl)cc2)c2cnc(N)nc21. The first-order chi connectivity index (χ1) is 18.9. The van der Waals surface area contributed by atoms with Crippen LogP contribution >= 0.6 is 33.9 Å². The first-order valence-electron chi connectivity index (χ1n) is 11.3. The largest absolute Gasteiger partial charge is 0.368 e. The van der Waals surface area contributed by atoms with Gasteiger partial charge in [-0.2, -0.15) is 20.2 Å². The lowest BCUT2D eigenvalue weighted by Crippen LogP contribution is -1.97. The summed E-state index contributed by atoms with van der Waals surface area (Å²) < 4.78 is 26.4. The van der Waals surface area contributed by atoms with E-state index in [1.54, 1.807) is 24.0 Å². The number of aromatic nitrogens is 8. The monoisotopic (exact) mass is 616 g/mol. The second-order valence-electron chi connectivity index (χ2n) is 8.47. The summed E-state index contributed by atoms with van der Waals surface area (Å²) in [5, 5.41) is 11.0. The standard InChI is InChI=1S/C12H9Cl2N5O2S.C12H10ClN5/c1-19-11-7(5-16-12(15)17-11)10(18-19)6-2-3-8(13)9(4-6)22(14,20)21;1-18-11-9(6-15-12(14)16-11)10(17-18)7-2-4-8(13)5-3-7/h2-5H,1H3,(H2,15,16,17);2-6H,1H3,(H2,14,15,16). The molecule has 16 heteroatoms. The summed E-state index contributed by atoms with van der Waals surface area (Å²) in [5.41, 5.74) is 15.2. The first-order valence-corrected chi connectivity index (χ1v) is 14.4. The zero-order valence-electron chi connectivity index (χ0n) is 20.8. The van der Waals surface area contributed by atoms with Crippen molar-refractivity contribution in [3.05, 3.63) is 64.9 Å². The molecule has 4 heterocycles. The van der Waals surface area contributed by atoms with Crippen LogP contribution in [0.1, 0.15) is 0 Å². The summed E-state index contributed by atoms with van der Waals surface area (Å²) in [6.45, 7) is 0. The van der Waals surface area contributed by atoms with Gasteiger partial charge < -0.3 is 11.5 Å². The molecule has 0 bridgehead atoms. The van der Waals surface area contributed by atoms with Gasteiger partial charge in [0.2, 0.25) is 11.9 Å². The molecule has 6 rings (SSSR count). The highest BCUT2D eigenvalue weighted by Crippen LogP contribution is 2.33. The number of halogens is 3. The van der Waals surface area contributed by atoms with Gasteiger partial charge in [-0.3, -0.25) is 0 Å². The lowest BCUT2D eigenvalue weighted by Gasteiger charge is -2.03. The minimum absolute atomic E-state index is 0.0412. The highest BCUT2D eigenvalue weighted by atomic mass is 35.7. The van der Waals surface area contributed by atoms with Crippen molar-refractivity contribution in [1.29, 1.82) is 0 Å². The number of nitrogens with two attached hydrogens (primary N) is 2. The number of aryl methyl sites for hydroxylation is 2. The van der Waals surface area contributed by atoms with Gasteiger partial charge in [0.05, 0.1) is 15.8 Å². The van der Waals surface area contributed by atoms with E-state index in [2.05, 4.69) is 30.1 Å². The molecule has 2 aromatic carbocycles. The Labute approximate surface area is 242 Å². The molecule has 204 valence electrons. The van der Waals surface area contributed by atoms with Crippen LogP contribution in [0.2, 0.25) is 10.0 Å². The number of fused-ring (bicyclic) bond motifs is 2. The molecular weight excluding hydrogens is 599 g/mol. The summed E-state index contributed by atoms with van der Waals surface area (Å²) in [7, 11) is 4.96. The summed E-state index contributed by atoms with van der Waals surface area (Å²) in [5.74, 6) is 0.371. The molecule has 40 heavy (non-hydrogen) atoms. The fraction of sp³-hybridized carbons (Fsp3) is 0.0833. The van der Waals surface area contributed by atoms with Gasteiger partial charge in [0.25, 0.3) is 9.05 Å². The van der Waals surface area contributed by atoms with Crippen LogP contribution in [-0.4, -0.2) is 47.9 Å². The van der Waals surface area contributed by atoms with Gasteiger partial charge in [0, 0.05) is 53.3 Å². The quantitative estimate of drug-likeness (QED) is 0.270. The number of anilines is 2. The van der Waals surface area contributed by atoms with Crippen molar-refractivity contribution in [2.75, 3.05) is 11.5 Å². The van der Waals surface area contributed by atoms with Gasteiger partial charge in [-0.1, -0.05) is 41.4 Å². The van der Waals surface area contributed by atoms with Crippen molar-refractivity contribution in [1.82, 2.24) is 39.5 Å². The Morgan fingerprint density at radius 2 is 1.23 bits per heavy atom. The van der Waals surface area contributed by atoms with Gasteiger partial charge in [0.15, 0.2) is 11.3 Å². The lowest BCUT2D eigenvalue weighted by atomic mass is 10.1. The summed E-state index contributed by atoms with van der Waals surface area (Å²) in [4.78, 5) is 16.1. The minimum Gasteiger partial charge on any atom is -0.368 e. The molecular formula is C24H19Cl3N10O2S. The Hall–Kier alpha value is -4.04. The third-order valence-corrected chi connectivity index (χ3v) is 7.84. The molecule has 0 saturated carbocycles. The van der Waals surface area contributed by atoms with Crippen LogP contribution in [0, 0.1) is 0 Å². The molecule has 0 saturated heterocycles. The zero-order valence-corrected chi connectivity index (χ0v) is 23.9. The van der Waals surface area contributed by atoms with Crippen LogP contribution in [0.5, 0.6) is 0 Å². The van der Waals surface area contributed by atoms with Crippen LogP contribution in [0.25, 0.3) is 44.6 Å². The summed E-state index contributed by atoms with van der Waals surface area (Å²) >= 11 is 11.8. The van der Waals surface area contributed by atoms with Crippen molar-refractivity contribution in [3.63, 3.8) is 0 Å². The molecule has 0 radical (unpaired) electrons. The van der Waals surface area contributed by atoms with Crippen LogP contribution in [-0.2, 0) is 23.1 Å². The number of rotatable bonds is 3. The number of nitrogens with zero attached hydrogens (tertiary/aromatic N) is 8. The Kier molecular flexibility index (Phi) is 7.23. The highest BCUT2D eigenvalue weighted by molar-refractivity contribution is 8.13. The van der Waals surface area contributed by atoms with Crippen molar-refractivity contribution >= 4 is 76.9 Å². The Morgan fingerprint density at radius 3 is 1.73 bits per heavy atom. The normalized spacial score (nSPS) is 11.5. The van der Waals surface area contributed by atoms with Gasteiger partial charge in [-0.15, -0.1) is 0 Å². The van der Waals surface area contributed by atoms with E-state index in [4.69, 9.17) is 45.4 Å². The predicted molar refractivity (Wildman–Crippen MR) is 155 cm³/mol. The molecule has 0 amide bonds. The van der Waals surface area contributed by atoms with Crippen molar-refractivity contribution in [2.24, 2.45) is 14.1 Å². The molecule has 0 spiro atoms. The first kappa shape index (κ1) is 27.5. The summed E-state index contributed by atoms with van der Waals surface area (Å²) in [6, 6.07) is 12.0. The molecule has 6 aromatic rings. The molecule has 4 aromatic heterocycles. The maximum Gasteiger partial charge on any atom is 0.262 e. The zero-order chi connectivity index (χ0) is 28.8. The van der Waals surface area contributed by atoms with Gasteiger partial charge in [-0.05, 0) is 24.3 Å². The van der Waals surface area contributed by atoms with Crippen LogP contribution in [0.3, 0.4) is 0 Å². The second kappa shape index (κ2) is 10.5. The summed E-state index contributed by atoms with van der Waals surface area (Å²) in [6.07, 6.45) is 3.22. The Bertz CT molecular complexity index is 2010. The van der Waals surface area contributed by atoms with Gasteiger partial charge in [0.1, 0.15) is 16.3 Å². The fourth-order valence-electron chi connectivity index (χ4n) is 3.97. The molecule has 0 atom stereocenters. The van der Waals surface area contributed by atoms with Crippen molar-refractivity contribution in [3.8, 4) is 22.5 Å². The average Bonchev–Trinajstić information content (AvgIpc) is 3.40. The number of hydrogen-bond acceptors (Lipinski definition) is 10. The third kappa shape index (κ3) is 5.36. The topological polar surface area (TPSA) is 173 Å². The molecule has 4 N–H and O–H groups in total. The van der Waals surface area contributed by atoms with Gasteiger partial charge >= 0.3 is 0 Å². The molecule has 0 aliphatic heterocycles. The van der Waals surface area contributed by atoms with E-state index in [9.17, 15) is 8.42 Å². The maximum atomic E-state index is 11.6. The molecule has 0 fully saturated rings. The maximum absolute atomic E-state index is 11.6. The van der Waals surface area contributed by atoms with E-state index < -0.39 is 9.05 Å². The number of hydrogen-bond donors (Lipinski definition) is 2. The molecule has 12 nitrogen and oxygen atoms in total. The molecule has 0 aliphatic carbocycles. The Morgan fingerprint density at radius 1 is 0.750 bits per heavy atom. The Balaban J connectivity index is 0.000000164. The van der Waals surface area contributed by atoms with Crippen molar-refractivity contribution in [2.45, 2.75) is 4.90 Å². The van der Waals surface area contributed by atoms with E-state index in [1.165, 1.54) is 23.0 Å². The van der Waals surface area contributed by atoms with E-state index in [-0.39, 0.29) is 21.8 Å². The minimum atomic E-state index is -3.96. The molecule has 0 aliphatic rings. The van der Waals surface area contributed by atoms with Crippen LogP contribution in [0.4, 0.5) is 11.9 Å². The highest BCUT2D eigenvalue weighted by Gasteiger charge is 2.19. The smallest absolute Gasteiger partial charge is 0.262 e. The van der Waals surface area contributed by atoms with Crippen molar-refractivity contribution < 1.29 is 8.42 Å². The van der Waals surface area contributed by atoms with E-state index in [0.717, 1.165) is 16.6 Å². The lowest BCUT2D eigenvalue weighted by molar-refractivity contribution is 0.609. The third-order valence-electron chi connectivity index (χ3n) is 5.78.